The summed E-state index contributed by atoms with van der Waals surface area (Å²) in [7, 11) is 0. The van der Waals surface area contributed by atoms with Gasteiger partial charge in [-0.15, -0.1) is 0 Å². The molecule has 1 aromatic rings. The number of carbonyl (C=O) groups excluding carboxylic acids is 2. The van der Waals surface area contributed by atoms with E-state index in [4.69, 9.17) is 0 Å². The number of carbonyl (C=O) groups is 2. The molecule has 120 valence electrons. The Morgan fingerprint density at radius 2 is 2.00 bits per heavy atom. The number of piperazine rings is 1. The maximum Gasteiger partial charge on any atom is 0.271 e. The Morgan fingerprint density at radius 1 is 1.23 bits per heavy atom. The van der Waals surface area contributed by atoms with Crippen molar-refractivity contribution in [1.82, 2.24) is 20.2 Å². The van der Waals surface area contributed by atoms with Gasteiger partial charge in [0.2, 0.25) is 6.41 Å². The van der Waals surface area contributed by atoms with Gasteiger partial charge in [-0.2, -0.15) is 0 Å². The van der Waals surface area contributed by atoms with E-state index in [1.807, 2.05) is 0 Å². The first-order valence-electron chi connectivity index (χ1n) is 7.79. The average molecular weight is 305 g/mol. The van der Waals surface area contributed by atoms with Crippen LogP contribution in [0.1, 0.15) is 36.7 Å². The second-order valence-electron chi connectivity index (χ2n) is 5.35. The van der Waals surface area contributed by atoms with Gasteiger partial charge < -0.3 is 15.1 Å². The van der Waals surface area contributed by atoms with Crippen molar-refractivity contribution in [2.24, 2.45) is 0 Å². The quantitative estimate of drug-likeness (QED) is 0.592. The van der Waals surface area contributed by atoms with Gasteiger partial charge in [0.1, 0.15) is 11.5 Å². The Hall–Kier alpha value is -2.18. The van der Waals surface area contributed by atoms with Crippen molar-refractivity contribution in [2.45, 2.75) is 26.2 Å². The first kappa shape index (κ1) is 16.2. The van der Waals surface area contributed by atoms with Gasteiger partial charge in [0.05, 0.1) is 12.4 Å². The molecule has 0 radical (unpaired) electrons. The Labute approximate surface area is 130 Å². The standard InChI is InChI=1S/C15H23N5O2/c1-2-3-4-5-16-15(22)13-10-18-14(11-17-13)20-8-6-19(12-21)7-9-20/h10-12H,2-9H2,1H3,(H,16,22). The third-order valence-corrected chi connectivity index (χ3v) is 3.72. The first-order valence-corrected chi connectivity index (χ1v) is 7.79. The summed E-state index contributed by atoms with van der Waals surface area (Å²) in [6.07, 6.45) is 7.22. The zero-order valence-electron chi connectivity index (χ0n) is 13.0. The molecule has 2 heterocycles. The van der Waals surface area contributed by atoms with Crippen LogP contribution in [-0.4, -0.2) is 59.9 Å². The van der Waals surface area contributed by atoms with E-state index in [0.717, 1.165) is 44.6 Å². The predicted octanol–water partition coefficient (Wildman–Crippen LogP) is 0.675. The highest BCUT2D eigenvalue weighted by atomic mass is 16.2. The number of unbranched alkanes of at least 4 members (excludes halogenated alkanes) is 2. The summed E-state index contributed by atoms with van der Waals surface area (Å²) in [5.74, 6) is 0.564. The molecular weight excluding hydrogens is 282 g/mol. The molecule has 2 rings (SSSR count). The number of hydrogen-bond acceptors (Lipinski definition) is 5. The molecule has 0 bridgehead atoms. The lowest BCUT2D eigenvalue weighted by Gasteiger charge is -2.33. The third-order valence-electron chi connectivity index (χ3n) is 3.72. The van der Waals surface area contributed by atoms with Crippen molar-refractivity contribution < 1.29 is 9.59 Å². The minimum atomic E-state index is -0.180. The normalized spacial score (nSPS) is 14.8. The van der Waals surface area contributed by atoms with E-state index in [1.165, 1.54) is 6.20 Å². The number of nitrogens with zero attached hydrogens (tertiary/aromatic N) is 4. The van der Waals surface area contributed by atoms with Gasteiger partial charge in [-0.25, -0.2) is 9.97 Å². The summed E-state index contributed by atoms with van der Waals surface area (Å²) in [5.41, 5.74) is 0.340. The highest BCUT2D eigenvalue weighted by Gasteiger charge is 2.17. The average Bonchev–Trinajstić information content (AvgIpc) is 2.59. The van der Waals surface area contributed by atoms with E-state index in [9.17, 15) is 9.59 Å². The van der Waals surface area contributed by atoms with Gasteiger partial charge in [0.15, 0.2) is 0 Å². The van der Waals surface area contributed by atoms with Crippen molar-refractivity contribution >= 4 is 18.1 Å². The maximum atomic E-state index is 11.9. The molecule has 0 saturated carbocycles. The van der Waals surface area contributed by atoms with Crippen LogP contribution in [0.15, 0.2) is 12.4 Å². The molecule has 1 aromatic heterocycles. The Bertz CT molecular complexity index is 483. The van der Waals surface area contributed by atoms with Crippen molar-refractivity contribution in [1.29, 1.82) is 0 Å². The van der Waals surface area contributed by atoms with Crippen LogP contribution in [0.4, 0.5) is 5.82 Å². The summed E-state index contributed by atoms with van der Waals surface area (Å²) < 4.78 is 0. The smallest absolute Gasteiger partial charge is 0.271 e. The van der Waals surface area contributed by atoms with E-state index in [-0.39, 0.29) is 5.91 Å². The van der Waals surface area contributed by atoms with E-state index >= 15 is 0 Å². The minimum Gasteiger partial charge on any atom is -0.352 e. The number of amides is 2. The first-order chi connectivity index (χ1) is 10.7. The van der Waals surface area contributed by atoms with E-state index in [0.29, 0.717) is 25.3 Å². The molecular formula is C15H23N5O2. The van der Waals surface area contributed by atoms with Gasteiger partial charge in [-0.1, -0.05) is 19.8 Å². The second kappa shape index (κ2) is 8.31. The lowest BCUT2D eigenvalue weighted by Crippen LogP contribution is -2.46. The Kier molecular flexibility index (Phi) is 6.12. The van der Waals surface area contributed by atoms with Gasteiger partial charge >= 0.3 is 0 Å². The molecule has 1 fully saturated rings. The van der Waals surface area contributed by atoms with Crippen molar-refractivity contribution in [3.63, 3.8) is 0 Å². The highest BCUT2D eigenvalue weighted by Crippen LogP contribution is 2.11. The molecule has 2 amide bonds. The topological polar surface area (TPSA) is 78.4 Å². The Balaban J connectivity index is 1.85. The molecule has 0 aromatic carbocycles. The van der Waals surface area contributed by atoms with E-state index < -0.39 is 0 Å². The number of rotatable bonds is 7. The number of nitrogens with one attached hydrogen (secondary N) is 1. The SMILES string of the molecule is CCCCCNC(=O)c1cnc(N2CCN(C=O)CC2)cn1. The summed E-state index contributed by atoms with van der Waals surface area (Å²) in [6.45, 7) is 5.63. The Morgan fingerprint density at radius 3 is 2.59 bits per heavy atom. The largest absolute Gasteiger partial charge is 0.352 e. The zero-order valence-corrected chi connectivity index (χ0v) is 13.0. The third kappa shape index (κ3) is 4.41. The van der Waals surface area contributed by atoms with Gasteiger partial charge in [-0.3, -0.25) is 9.59 Å². The molecule has 7 nitrogen and oxygen atoms in total. The number of hydrogen-bond donors (Lipinski definition) is 1. The molecule has 0 atom stereocenters. The molecule has 22 heavy (non-hydrogen) atoms. The van der Waals surface area contributed by atoms with Gasteiger partial charge in [0.25, 0.3) is 5.91 Å². The number of anilines is 1. The molecule has 0 unspecified atom stereocenters. The molecule has 0 spiro atoms. The molecule has 1 N–H and O–H groups in total. The molecule has 7 heteroatoms. The van der Waals surface area contributed by atoms with Crippen LogP contribution in [0.25, 0.3) is 0 Å². The van der Waals surface area contributed by atoms with E-state index in [2.05, 4.69) is 27.1 Å². The van der Waals surface area contributed by atoms with Crippen LogP contribution >= 0.6 is 0 Å². The fourth-order valence-electron chi connectivity index (χ4n) is 2.33. The van der Waals surface area contributed by atoms with Crippen LogP contribution in [0, 0.1) is 0 Å². The van der Waals surface area contributed by atoms with Crippen LogP contribution < -0.4 is 10.2 Å². The van der Waals surface area contributed by atoms with Crippen LogP contribution in [0.5, 0.6) is 0 Å². The number of aromatic nitrogens is 2. The zero-order chi connectivity index (χ0) is 15.8. The van der Waals surface area contributed by atoms with E-state index in [1.54, 1.807) is 11.1 Å². The lowest BCUT2D eigenvalue weighted by molar-refractivity contribution is -0.118. The maximum absolute atomic E-state index is 11.9. The lowest BCUT2D eigenvalue weighted by atomic mass is 10.2. The summed E-state index contributed by atoms with van der Waals surface area (Å²) in [5, 5.41) is 2.85. The van der Waals surface area contributed by atoms with Gasteiger partial charge in [-0.05, 0) is 6.42 Å². The molecule has 0 aliphatic carbocycles. The monoisotopic (exact) mass is 305 g/mol. The molecule has 1 aliphatic rings. The fourth-order valence-corrected chi connectivity index (χ4v) is 2.33. The van der Waals surface area contributed by atoms with Crippen molar-refractivity contribution in [3.05, 3.63) is 18.1 Å². The minimum absolute atomic E-state index is 0.180. The van der Waals surface area contributed by atoms with Crippen LogP contribution in [0.2, 0.25) is 0 Å². The van der Waals surface area contributed by atoms with Crippen molar-refractivity contribution in [2.75, 3.05) is 37.6 Å². The van der Waals surface area contributed by atoms with Gasteiger partial charge in [0, 0.05) is 32.7 Å². The second-order valence-corrected chi connectivity index (χ2v) is 5.35. The summed E-state index contributed by atoms with van der Waals surface area (Å²) in [4.78, 5) is 34.9. The summed E-state index contributed by atoms with van der Waals surface area (Å²) in [6, 6.07) is 0. The summed E-state index contributed by atoms with van der Waals surface area (Å²) >= 11 is 0. The molecule has 1 aliphatic heterocycles. The van der Waals surface area contributed by atoms with Crippen LogP contribution in [-0.2, 0) is 4.79 Å². The highest BCUT2D eigenvalue weighted by molar-refractivity contribution is 5.91. The molecule has 1 saturated heterocycles. The van der Waals surface area contributed by atoms with Crippen molar-refractivity contribution in [3.8, 4) is 0 Å². The van der Waals surface area contributed by atoms with Crippen LogP contribution in [0.3, 0.4) is 0 Å². The fraction of sp³-hybridized carbons (Fsp3) is 0.600. The predicted molar refractivity (Wildman–Crippen MR) is 83.7 cm³/mol.